The molecule has 21 heavy (non-hydrogen) atoms. The Balaban J connectivity index is 0.00000220. The van der Waals surface area contributed by atoms with E-state index >= 15 is 0 Å². The number of rotatable bonds is 4. The molecule has 1 fully saturated rings. The van der Waals surface area contributed by atoms with Crippen LogP contribution in [-0.2, 0) is 21.4 Å². The Labute approximate surface area is 130 Å². The first-order valence-corrected chi connectivity index (χ1v) is 8.14. The number of hydrogen-bond donors (Lipinski definition) is 3. The molecule has 1 aromatic rings. The Bertz CT molecular complexity index is 586. The minimum Gasteiger partial charge on any atom is -0.351 e. The van der Waals surface area contributed by atoms with Crippen molar-refractivity contribution < 1.29 is 13.2 Å². The summed E-state index contributed by atoms with van der Waals surface area (Å²) in [7, 11) is -3.71. The lowest BCUT2D eigenvalue weighted by Crippen LogP contribution is -2.46. The molecule has 0 aromatic heterocycles. The van der Waals surface area contributed by atoms with Gasteiger partial charge in [0, 0.05) is 6.54 Å². The van der Waals surface area contributed by atoms with E-state index in [0.717, 1.165) is 25.8 Å². The van der Waals surface area contributed by atoms with Gasteiger partial charge < -0.3 is 10.6 Å². The smallest absolute Gasteiger partial charge is 0.238 e. The summed E-state index contributed by atoms with van der Waals surface area (Å²) in [6.07, 6.45) is 2.98. The molecular formula is C13H20ClN3O3S. The molecular weight excluding hydrogens is 314 g/mol. The number of nitrogens with one attached hydrogen (secondary N) is 2. The maximum atomic E-state index is 11.9. The van der Waals surface area contributed by atoms with E-state index in [9.17, 15) is 13.2 Å². The molecule has 1 atom stereocenters. The molecule has 0 saturated carbocycles. The molecule has 1 aliphatic rings. The summed E-state index contributed by atoms with van der Waals surface area (Å²) in [4.78, 5) is 12.0. The molecule has 0 bridgehead atoms. The molecule has 8 heteroatoms. The van der Waals surface area contributed by atoms with Crippen molar-refractivity contribution in [2.75, 3.05) is 6.54 Å². The summed E-state index contributed by atoms with van der Waals surface area (Å²) in [5.74, 6) is -0.0503. The van der Waals surface area contributed by atoms with Crippen LogP contribution in [0.2, 0.25) is 0 Å². The Morgan fingerprint density at radius 1 is 1.38 bits per heavy atom. The highest BCUT2D eigenvalue weighted by Gasteiger charge is 2.20. The Morgan fingerprint density at radius 2 is 2.14 bits per heavy atom. The Hall–Kier alpha value is -1.15. The van der Waals surface area contributed by atoms with Gasteiger partial charge >= 0.3 is 0 Å². The number of benzene rings is 1. The van der Waals surface area contributed by atoms with Crippen LogP contribution >= 0.6 is 12.4 Å². The zero-order valence-electron chi connectivity index (χ0n) is 11.5. The number of hydrogen-bond acceptors (Lipinski definition) is 4. The zero-order valence-corrected chi connectivity index (χ0v) is 13.2. The third-order valence-electron chi connectivity index (χ3n) is 3.32. The van der Waals surface area contributed by atoms with Crippen LogP contribution in [0.25, 0.3) is 0 Å². The zero-order chi connectivity index (χ0) is 14.6. The van der Waals surface area contributed by atoms with Crippen molar-refractivity contribution in [3.05, 3.63) is 29.8 Å². The SMILES string of the molecule is Cl.NS(=O)(=O)c1cccc(CNC(=O)[C@@H]2CCCCN2)c1. The van der Waals surface area contributed by atoms with Gasteiger partial charge in [-0.15, -0.1) is 12.4 Å². The predicted octanol–water partition coefficient (Wildman–Crippen LogP) is 0.514. The Kier molecular flexibility index (Phi) is 6.60. The predicted molar refractivity (Wildman–Crippen MR) is 82.6 cm³/mol. The van der Waals surface area contributed by atoms with Gasteiger partial charge in [0.2, 0.25) is 15.9 Å². The second-order valence-electron chi connectivity index (χ2n) is 4.91. The Morgan fingerprint density at radius 3 is 2.76 bits per heavy atom. The molecule has 0 aliphatic carbocycles. The summed E-state index contributed by atoms with van der Waals surface area (Å²) < 4.78 is 22.5. The number of sulfonamides is 1. The van der Waals surface area contributed by atoms with Crippen molar-refractivity contribution in [3.63, 3.8) is 0 Å². The summed E-state index contributed by atoms with van der Waals surface area (Å²) in [5, 5.41) is 11.0. The van der Waals surface area contributed by atoms with E-state index in [1.54, 1.807) is 12.1 Å². The van der Waals surface area contributed by atoms with Gasteiger partial charge in [0.05, 0.1) is 10.9 Å². The van der Waals surface area contributed by atoms with E-state index in [-0.39, 0.29) is 29.3 Å². The molecule has 6 nitrogen and oxygen atoms in total. The molecule has 0 radical (unpaired) electrons. The summed E-state index contributed by atoms with van der Waals surface area (Å²) in [5.41, 5.74) is 0.709. The molecule has 0 spiro atoms. The monoisotopic (exact) mass is 333 g/mol. The van der Waals surface area contributed by atoms with Crippen LogP contribution in [0.3, 0.4) is 0 Å². The molecule has 1 heterocycles. The van der Waals surface area contributed by atoms with Crippen molar-refractivity contribution in [1.29, 1.82) is 0 Å². The first kappa shape index (κ1) is 17.9. The highest BCUT2D eigenvalue weighted by molar-refractivity contribution is 7.89. The topological polar surface area (TPSA) is 101 Å². The van der Waals surface area contributed by atoms with Crippen molar-refractivity contribution in [1.82, 2.24) is 10.6 Å². The van der Waals surface area contributed by atoms with Crippen LogP contribution in [0.1, 0.15) is 24.8 Å². The van der Waals surface area contributed by atoms with Gasteiger partial charge in [-0.05, 0) is 37.1 Å². The van der Waals surface area contributed by atoms with Crippen LogP contribution in [0.5, 0.6) is 0 Å². The lowest BCUT2D eigenvalue weighted by Gasteiger charge is -2.22. The fraction of sp³-hybridized carbons (Fsp3) is 0.462. The largest absolute Gasteiger partial charge is 0.351 e. The molecule has 4 N–H and O–H groups in total. The van der Waals surface area contributed by atoms with Gasteiger partial charge in [0.25, 0.3) is 0 Å². The third-order valence-corrected chi connectivity index (χ3v) is 4.23. The number of piperidine rings is 1. The first-order chi connectivity index (χ1) is 9.47. The average molecular weight is 334 g/mol. The third kappa shape index (κ3) is 5.28. The van der Waals surface area contributed by atoms with Gasteiger partial charge in [-0.25, -0.2) is 13.6 Å². The lowest BCUT2D eigenvalue weighted by atomic mass is 10.0. The first-order valence-electron chi connectivity index (χ1n) is 6.59. The average Bonchev–Trinajstić information content (AvgIpc) is 2.45. The number of halogens is 1. The summed E-state index contributed by atoms with van der Waals surface area (Å²) >= 11 is 0. The van der Waals surface area contributed by atoms with Crippen molar-refractivity contribution in [2.45, 2.75) is 36.7 Å². The fourth-order valence-electron chi connectivity index (χ4n) is 2.22. The van der Waals surface area contributed by atoms with Gasteiger partial charge in [-0.1, -0.05) is 18.6 Å². The van der Waals surface area contributed by atoms with E-state index in [2.05, 4.69) is 10.6 Å². The quantitative estimate of drug-likeness (QED) is 0.747. The molecule has 0 unspecified atom stereocenters. The van der Waals surface area contributed by atoms with Crippen molar-refractivity contribution >= 4 is 28.3 Å². The lowest BCUT2D eigenvalue weighted by molar-refractivity contribution is -0.123. The maximum Gasteiger partial charge on any atom is 0.238 e. The molecule has 1 amide bonds. The minimum atomic E-state index is -3.71. The fourth-order valence-corrected chi connectivity index (χ4v) is 2.80. The number of primary sulfonamides is 1. The molecule has 118 valence electrons. The minimum absolute atomic E-state index is 0. The van der Waals surface area contributed by atoms with Crippen LogP contribution in [0.4, 0.5) is 0 Å². The van der Waals surface area contributed by atoms with E-state index < -0.39 is 10.0 Å². The molecule has 2 rings (SSSR count). The van der Waals surface area contributed by atoms with Crippen LogP contribution in [0.15, 0.2) is 29.2 Å². The number of amides is 1. The van der Waals surface area contributed by atoms with Gasteiger partial charge in [-0.2, -0.15) is 0 Å². The van der Waals surface area contributed by atoms with E-state index in [1.165, 1.54) is 12.1 Å². The number of carbonyl (C=O) groups is 1. The van der Waals surface area contributed by atoms with E-state index in [4.69, 9.17) is 5.14 Å². The maximum absolute atomic E-state index is 11.9. The van der Waals surface area contributed by atoms with E-state index in [1.807, 2.05) is 0 Å². The van der Waals surface area contributed by atoms with Gasteiger partial charge in [0.15, 0.2) is 0 Å². The van der Waals surface area contributed by atoms with Gasteiger partial charge in [0.1, 0.15) is 0 Å². The second kappa shape index (κ2) is 7.74. The number of nitrogens with two attached hydrogens (primary N) is 1. The highest BCUT2D eigenvalue weighted by Crippen LogP contribution is 2.10. The standard InChI is InChI=1S/C13H19N3O3S.ClH/c14-20(18,19)11-5-3-4-10(8-11)9-16-13(17)12-6-1-2-7-15-12;/h3-5,8,12,15H,1-2,6-7,9H2,(H,16,17)(H2,14,18,19);1H/t12-;/m0./s1. The molecule has 1 saturated heterocycles. The van der Waals surface area contributed by atoms with Crippen LogP contribution < -0.4 is 15.8 Å². The summed E-state index contributed by atoms with van der Waals surface area (Å²) in [6.45, 7) is 1.15. The van der Waals surface area contributed by atoms with Crippen LogP contribution in [0, 0.1) is 0 Å². The normalized spacial score (nSPS) is 18.6. The van der Waals surface area contributed by atoms with E-state index in [0.29, 0.717) is 12.1 Å². The van der Waals surface area contributed by atoms with Crippen LogP contribution in [-0.4, -0.2) is 26.9 Å². The molecule has 1 aromatic carbocycles. The molecule has 1 aliphatic heterocycles. The highest BCUT2D eigenvalue weighted by atomic mass is 35.5. The number of carbonyl (C=O) groups excluding carboxylic acids is 1. The van der Waals surface area contributed by atoms with Crippen molar-refractivity contribution in [2.24, 2.45) is 5.14 Å². The second-order valence-corrected chi connectivity index (χ2v) is 6.47. The van der Waals surface area contributed by atoms with Gasteiger partial charge in [-0.3, -0.25) is 4.79 Å². The summed E-state index contributed by atoms with van der Waals surface area (Å²) in [6, 6.07) is 6.13. The van der Waals surface area contributed by atoms with Crippen molar-refractivity contribution in [3.8, 4) is 0 Å².